The summed E-state index contributed by atoms with van der Waals surface area (Å²) in [4.78, 5) is 11.1. The number of rotatable bonds is 4. The second kappa shape index (κ2) is 5.40. The summed E-state index contributed by atoms with van der Waals surface area (Å²) >= 11 is 0. The Labute approximate surface area is 83.8 Å². The van der Waals surface area contributed by atoms with Crippen molar-refractivity contribution >= 4 is 11.6 Å². The number of anilines is 1. The van der Waals surface area contributed by atoms with Crippen molar-refractivity contribution in [1.29, 1.82) is 0 Å². The average molecular weight is 192 g/mol. The molecule has 0 spiro atoms. The van der Waals surface area contributed by atoms with Gasteiger partial charge in [0.05, 0.1) is 6.61 Å². The predicted octanol–water partition coefficient (Wildman–Crippen LogP) is 2.01. The maximum absolute atomic E-state index is 11.1. The highest BCUT2D eigenvalue weighted by Gasteiger charge is 2.03. The minimum absolute atomic E-state index is 0.0247. The molecular weight excluding hydrogens is 178 g/mol. The quantitative estimate of drug-likeness (QED) is 0.779. The second-order valence-electron chi connectivity index (χ2n) is 3.01. The number of amides is 1. The molecule has 3 heteroatoms. The van der Waals surface area contributed by atoms with Gasteiger partial charge in [-0.3, -0.25) is 4.79 Å². The van der Waals surface area contributed by atoms with E-state index >= 15 is 0 Å². The molecule has 0 aliphatic rings. The third-order valence-corrected chi connectivity index (χ3v) is 1.98. The van der Waals surface area contributed by atoms with E-state index in [1.807, 2.05) is 24.3 Å². The molecule has 0 unspecified atom stereocenters. The molecule has 0 saturated carbocycles. The van der Waals surface area contributed by atoms with Gasteiger partial charge in [-0.15, -0.1) is 0 Å². The topological polar surface area (TPSA) is 49.0 Å². The smallest absolute Gasteiger partial charge is 0.224 e. The minimum atomic E-state index is -0.154. The van der Waals surface area contributed by atoms with Gasteiger partial charge in [-0.25, -0.2) is 5.11 Å². The first-order valence-corrected chi connectivity index (χ1v) is 4.73. The van der Waals surface area contributed by atoms with Crippen LogP contribution in [0.5, 0.6) is 0 Å². The van der Waals surface area contributed by atoms with Gasteiger partial charge in [-0.2, -0.15) is 0 Å². The lowest BCUT2D eigenvalue weighted by molar-refractivity contribution is -0.115. The number of para-hydroxylation sites is 1. The molecule has 0 aromatic heterocycles. The molecule has 1 amide bonds. The highest BCUT2D eigenvalue weighted by Crippen LogP contribution is 2.15. The molecule has 0 heterocycles. The third-order valence-electron chi connectivity index (χ3n) is 1.98. The van der Waals surface area contributed by atoms with E-state index < -0.39 is 0 Å². The van der Waals surface area contributed by atoms with Crippen molar-refractivity contribution in [2.24, 2.45) is 0 Å². The molecule has 0 aliphatic carbocycles. The zero-order valence-corrected chi connectivity index (χ0v) is 8.25. The van der Waals surface area contributed by atoms with Crippen LogP contribution < -0.4 is 5.32 Å². The van der Waals surface area contributed by atoms with Crippen LogP contribution in [0.15, 0.2) is 24.3 Å². The molecule has 1 rings (SSSR count). The maximum Gasteiger partial charge on any atom is 0.224 e. The Bertz CT molecular complexity index is 310. The summed E-state index contributed by atoms with van der Waals surface area (Å²) in [5, 5.41) is 13.3. The summed E-state index contributed by atoms with van der Waals surface area (Å²) in [7, 11) is 0. The fraction of sp³-hybridized carbons (Fsp3) is 0.364. The first kappa shape index (κ1) is 10.7. The minimum Gasteiger partial charge on any atom is -0.326 e. The van der Waals surface area contributed by atoms with Crippen LogP contribution in [-0.2, 0) is 16.3 Å². The number of hydrogen-bond donors (Lipinski definition) is 1. The molecule has 1 radical (unpaired) electrons. The van der Waals surface area contributed by atoms with E-state index in [-0.39, 0.29) is 12.5 Å². The fourth-order valence-electron chi connectivity index (χ4n) is 1.21. The van der Waals surface area contributed by atoms with Gasteiger partial charge < -0.3 is 5.32 Å². The summed E-state index contributed by atoms with van der Waals surface area (Å²) in [6, 6.07) is 7.40. The normalized spacial score (nSPS) is 9.86. The van der Waals surface area contributed by atoms with E-state index in [1.165, 1.54) is 0 Å². The van der Waals surface area contributed by atoms with Crippen LogP contribution in [-0.4, -0.2) is 12.5 Å². The lowest BCUT2D eigenvalue weighted by Crippen LogP contribution is -2.11. The molecule has 75 valence electrons. The molecule has 0 fully saturated rings. The van der Waals surface area contributed by atoms with Crippen molar-refractivity contribution < 1.29 is 9.90 Å². The van der Waals surface area contributed by atoms with Gasteiger partial charge in [-0.05, 0) is 11.6 Å². The van der Waals surface area contributed by atoms with Crippen molar-refractivity contribution in [2.45, 2.75) is 19.8 Å². The summed E-state index contributed by atoms with van der Waals surface area (Å²) in [6.07, 6.45) is 0.909. The number of benzene rings is 1. The molecule has 1 aromatic carbocycles. The standard InChI is InChI=1S/C11H14NO2/c1-2-11(14)12-10-6-4-3-5-9(10)7-8-13/h3-6H,2,7-8H2,1H3,(H,12,14). The Balaban J connectivity index is 2.78. The third kappa shape index (κ3) is 2.85. The SMILES string of the molecule is CCC(=O)Nc1ccccc1CC[O]. The number of nitrogens with one attached hydrogen (secondary N) is 1. The fourth-order valence-corrected chi connectivity index (χ4v) is 1.21. The van der Waals surface area contributed by atoms with Crippen molar-refractivity contribution in [3.8, 4) is 0 Å². The largest absolute Gasteiger partial charge is 0.326 e. The van der Waals surface area contributed by atoms with E-state index in [4.69, 9.17) is 0 Å². The molecule has 0 aliphatic heterocycles. The van der Waals surface area contributed by atoms with Crippen LogP contribution in [0.2, 0.25) is 0 Å². The Kier molecular flexibility index (Phi) is 4.13. The molecule has 0 atom stereocenters. The Morgan fingerprint density at radius 3 is 2.71 bits per heavy atom. The van der Waals surface area contributed by atoms with Crippen LogP contribution in [0.1, 0.15) is 18.9 Å². The van der Waals surface area contributed by atoms with Crippen LogP contribution in [0, 0.1) is 0 Å². The first-order valence-electron chi connectivity index (χ1n) is 4.73. The molecule has 14 heavy (non-hydrogen) atoms. The molecule has 3 nitrogen and oxygen atoms in total. The van der Waals surface area contributed by atoms with Crippen LogP contribution in [0.4, 0.5) is 5.69 Å². The van der Waals surface area contributed by atoms with E-state index in [0.717, 1.165) is 11.3 Å². The van der Waals surface area contributed by atoms with Crippen LogP contribution in [0.25, 0.3) is 0 Å². The molecule has 0 bridgehead atoms. The summed E-state index contributed by atoms with van der Waals surface area (Å²) in [6.45, 7) is 1.64. The summed E-state index contributed by atoms with van der Waals surface area (Å²) < 4.78 is 0. The molecular formula is C11H14NO2. The van der Waals surface area contributed by atoms with Crippen molar-refractivity contribution in [3.05, 3.63) is 29.8 Å². The van der Waals surface area contributed by atoms with Crippen LogP contribution >= 0.6 is 0 Å². The van der Waals surface area contributed by atoms with E-state index in [2.05, 4.69) is 5.32 Å². The van der Waals surface area contributed by atoms with Gasteiger partial charge in [0.15, 0.2) is 0 Å². The Hall–Kier alpha value is -1.35. The van der Waals surface area contributed by atoms with E-state index in [1.54, 1.807) is 6.92 Å². The first-order chi connectivity index (χ1) is 6.77. The summed E-state index contributed by atoms with van der Waals surface area (Å²) in [5.41, 5.74) is 1.67. The van der Waals surface area contributed by atoms with Crippen molar-refractivity contribution in [2.75, 3.05) is 11.9 Å². The summed E-state index contributed by atoms with van der Waals surface area (Å²) in [5.74, 6) is -0.0247. The lowest BCUT2D eigenvalue weighted by atomic mass is 10.1. The number of carbonyl (C=O) groups excluding carboxylic acids is 1. The van der Waals surface area contributed by atoms with Crippen molar-refractivity contribution in [3.63, 3.8) is 0 Å². The lowest BCUT2D eigenvalue weighted by Gasteiger charge is -2.08. The zero-order chi connectivity index (χ0) is 10.4. The highest BCUT2D eigenvalue weighted by atomic mass is 16.3. The Morgan fingerprint density at radius 2 is 2.07 bits per heavy atom. The maximum atomic E-state index is 11.1. The molecule has 1 N–H and O–H groups in total. The van der Waals surface area contributed by atoms with E-state index in [0.29, 0.717) is 12.8 Å². The Morgan fingerprint density at radius 1 is 1.36 bits per heavy atom. The van der Waals surface area contributed by atoms with Gasteiger partial charge in [0, 0.05) is 18.5 Å². The highest BCUT2D eigenvalue weighted by molar-refractivity contribution is 5.91. The van der Waals surface area contributed by atoms with Gasteiger partial charge >= 0.3 is 0 Å². The van der Waals surface area contributed by atoms with Gasteiger partial charge in [0.1, 0.15) is 0 Å². The van der Waals surface area contributed by atoms with Gasteiger partial charge in [0.25, 0.3) is 0 Å². The van der Waals surface area contributed by atoms with E-state index in [9.17, 15) is 9.90 Å². The number of hydrogen-bond acceptors (Lipinski definition) is 1. The van der Waals surface area contributed by atoms with Gasteiger partial charge in [-0.1, -0.05) is 25.1 Å². The average Bonchev–Trinajstić information content (AvgIpc) is 2.21. The van der Waals surface area contributed by atoms with Crippen LogP contribution in [0.3, 0.4) is 0 Å². The van der Waals surface area contributed by atoms with Crippen molar-refractivity contribution in [1.82, 2.24) is 0 Å². The predicted molar refractivity (Wildman–Crippen MR) is 54.6 cm³/mol. The number of carbonyl (C=O) groups is 1. The second-order valence-corrected chi connectivity index (χ2v) is 3.01. The monoisotopic (exact) mass is 192 g/mol. The zero-order valence-electron chi connectivity index (χ0n) is 8.25. The molecule has 1 aromatic rings. The molecule has 0 saturated heterocycles. The van der Waals surface area contributed by atoms with Gasteiger partial charge in [0.2, 0.25) is 5.91 Å².